The molecule has 0 aromatic heterocycles. The number of rotatable bonds is 0. The second-order valence-electron chi connectivity index (χ2n) is 2.96. The van der Waals surface area contributed by atoms with Crippen molar-refractivity contribution in [2.24, 2.45) is 0 Å². The van der Waals surface area contributed by atoms with Crippen molar-refractivity contribution in [2.75, 3.05) is 7.05 Å². The van der Waals surface area contributed by atoms with E-state index in [4.69, 9.17) is 0 Å². The quantitative estimate of drug-likeness (QED) is 0.493. The molecule has 54 valence electrons. The zero-order chi connectivity index (χ0) is 7.14. The summed E-state index contributed by atoms with van der Waals surface area (Å²) in [5.74, 6) is 1.05. The van der Waals surface area contributed by atoms with Crippen molar-refractivity contribution in [2.45, 2.75) is 18.5 Å². The molecule has 1 fully saturated rings. The van der Waals surface area contributed by atoms with Gasteiger partial charge in [-0.15, -0.1) is 0 Å². The normalized spacial score (nSPS) is 36.5. The fraction of sp³-hybridized carbons (Fsp3) is 0.500. The molecule has 2 rings (SSSR count). The number of hydrogen-bond donors (Lipinski definition) is 1. The molecule has 0 amide bonds. The second kappa shape index (κ2) is 1.78. The van der Waals surface area contributed by atoms with Gasteiger partial charge in [0.05, 0.1) is 17.9 Å². The van der Waals surface area contributed by atoms with Crippen LogP contribution in [-0.2, 0) is 0 Å². The molecule has 10 heavy (non-hydrogen) atoms. The fourth-order valence-corrected chi connectivity index (χ4v) is 1.68. The minimum atomic E-state index is 0.562. The van der Waals surface area contributed by atoms with Gasteiger partial charge in [-0.2, -0.15) is 0 Å². The number of likely N-dealkylation sites (N-methyl/N-ethyl adjacent to an activating group) is 1. The Morgan fingerprint density at radius 3 is 3.30 bits per heavy atom. The maximum atomic E-state index is 3.90. The van der Waals surface area contributed by atoms with E-state index in [1.165, 1.54) is 0 Å². The molecule has 2 unspecified atom stereocenters. The van der Waals surface area contributed by atoms with Crippen LogP contribution in [0.1, 0.15) is 6.42 Å². The van der Waals surface area contributed by atoms with Crippen LogP contribution in [-0.4, -0.2) is 24.0 Å². The van der Waals surface area contributed by atoms with Crippen LogP contribution in [0.3, 0.4) is 0 Å². The van der Waals surface area contributed by atoms with Gasteiger partial charge in [-0.05, 0) is 6.42 Å². The van der Waals surface area contributed by atoms with E-state index in [1.54, 1.807) is 0 Å². The molecule has 1 aliphatic carbocycles. The molecular weight excluding hydrogens is 124 g/mol. The van der Waals surface area contributed by atoms with E-state index in [-0.39, 0.29) is 0 Å². The van der Waals surface area contributed by atoms with E-state index in [0.29, 0.717) is 12.1 Å². The summed E-state index contributed by atoms with van der Waals surface area (Å²) in [5, 5.41) is 3.33. The topological polar surface area (TPSA) is 15.3 Å². The number of nitrogens with one attached hydrogen (secondary N) is 1. The minimum absolute atomic E-state index is 0.562. The Morgan fingerprint density at radius 1 is 1.80 bits per heavy atom. The van der Waals surface area contributed by atoms with Gasteiger partial charge in [0.2, 0.25) is 0 Å². The third-order valence-corrected chi connectivity index (χ3v) is 2.36. The maximum absolute atomic E-state index is 3.90. The lowest BCUT2D eigenvalue weighted by Crippen LogP contribution is -2.28. The van der Waals surface area contributed by atoms with Gasteiger partial charge in [-0.25, -0.2) is 0 Å². The van der Waals surface area contributed by atoms with Gasteiger partial charge in [0.1, 0.15) is 0 Å². The molecule has 0 spiro atoms. The van der Waals surface area contributed by atoms with Crippen LogP contribution in [0.15, 0.2) is 24.6 Å². The molecule has 1 N–H and O–H groups in total. The molecule has 1 heterocycles. The molecule has 0 bridgehead atoms. The molecule has 0 saturated carbocycles. The van der Waals surface area contributed by atoms with Gasteiger partial charge in [-0.1, -0.05) is 18.7 Å². The molecule has 2 nitrogen and oxygen atoms in total. The first-order chi connectivity index (χ1) is 4.79. The van der Waals surface area contributed by atoms with Gasteiger partial charge < -0.3 is 10.2 Å². The third-order valence-electron chi connectivity index (χ3n) is 2.36. The van der Waals surface area contributed by atoms with Crippen molar-refractivity contribution in [3.05, 3.63) is 24.6 Å². The van der Waals surface area contributed by atoms with E-state index in [0.717, 1.165) is 12.2 Å². The van der Waals surface area contributed by atoms with Crippen molar-refractivity contribution < 1.29 is 0 Å². The monoisotopic (exact) mass is 136 g/mol. The Balaban J connectivity index is 2.23. The van der Waals surface area contributed by atoms with Crippen LogP contribution in [0.25, 0.3) is 0 Å². The molecule has 1 aliphatic heterocycles. The SMILES string of the molecule is C=C1NC2CC=CC2N1C. The molecule has 0 aromatic carbocycles. The van der Waals surface area contributed by atoms with Crippen molar-refractivity contribution in [3.8, 4) is 0 Å². The van der Waals surface area contributed by atoms with Crippen molar-refractivity contribution >= 4 is 0 Å². The lowest BCUT2D eigenvalue weighted by molar-refractivity contribution is 0.398. The van der Waals surface area contributed by atoms with Crippen LogP contribution in [0.2, 0.25) is 0 Å². The summed E-state index contributed by atoms with van der Waals surface area (Å²) < 4.78 is 0. The molecule has 0 aromatic rings. The number of nitrogens with zero attached hydrogens (tertiary/aromatic N) is 1. The summed E-state index contributed by atoms with van der Waals surface area (Å²) in [7, 11) is 2.08. The van der Waals surface area contributed by atoms with E-state index in [9.17, 15) is 0 Å². The maximum Gasteiger partial charge on any atom is 0.0944 e. The summed E-state index contributed by atoms with van der Waals surface area (Å²) in [6.45, 7) is 3.90. The van der Waals surface area contributed by atoms with Crippen LogP contribution in [0.4, 0.5) is 0 Å². The highest BCUT2D eigenvalue weighted by Gasteiger charge is 2.33. The lowest BCUT2D eigenvalue weighted by Gasteiger charge is -2.16. The molecule has 2 aliphatic rings. The Morgan fingerprint density at radius 2 is 2.60 bits per heavy atom. The molecule has 1 saturated heterocycles. The average molecular weight is 136 g/mol. The van der Waals surface area contributed by atoms with Crippen LogP contribution in [0, 0.1) is 0 Å². The van der Waals surface area contributed by atoms with Crippen molar-refractivity contribution in [1.29, 1.82) is 0 Å². The third kappa shape index (κ3) is 0.589. The summed E-state index contributed by atoms with van der Waals surface area (Å²) in [4.78, 5) is 2.19. The van der Waals surface area contributed by atoms with Gasteiger partial charge in [-0.3, -0.25) is 0 Å². The first-order valence-corrected chi connectivity index (χ1v) is 3.64. The molecule has 2 heteroatoms. The Labute approximate surface area is 61.2 Å². The van der Waals surface area contributed by atoms with Gasteiger partial charge in [0.25, 0.3) is 0 Å². The van der Waals surface area contributed by atoms with E-state index < -0.39 is 0 Å². The highest BCUT2D eigenvalue weighted by atomic mass is 15.3. The smallest absolute Gasteiger partial charge is 0.0944 e. The summed E-state index contributed by atoms with van der Waals surface area (Å²) in [6, 6.07) is 1.16. The van der Waals surface area contributed by atoms with Crippen LogP contribution < -0.4 is 5.32 Å². The van der Waals surface area contributed by atoms with Gasteiger partial charge in [0.15, 0.2) is 0 Å². The van der Waals surface area contributed by atoms with Gasteiger partial charge in [0, 0.05) is 7.05 Å². The molecular formula is C8H12N2. The number of hydrogen-bond acceptors (Lipinski definition) is 2. The van der Waals surface area contributed by atoms with E-state index in [2.05, 4.69) is 36.0 Å². The number of fused-ring (bicyclic) bond motifs is 1. The van der Waals surface area contributed by atoms with E-state index in [1.807, 2.05) is 0 Å². The zero-order valence-corrected chi connectivity index (χ0v) is 6.17. The average Bonchev–Trinajstić information content (AvgIpc) is 2.41. The summed E-state index contributed by atoms with van der Waals surface area (Å²) in [6.07, 6.45) is 5.62. The second-order valence-corrected chi connectivity index (χ2v) is 2.96. The fourth-order valence-electron chi connectivity index (χ4n) is 1.68. The first-order valence-electron chi connectivity index (χ1n) is 3.64. The largest absolute Gasteiger partial charge is 0.367 e. The summed E-state index contributed by atoms with van der Waals surface area (Å²) in [5.41, 5.74) is 0. The highest BCUT2D eigenvalue weighted by Crippen LogP contribution is 2.24. The Hall–Kier alpha value is -0.920. The van der Waals surface area contributed by atoms with Crippen molar-refractivity contribution in [3.63, 3.8) is 0 Å². The Kier molecular flexibility index (Phi) is 1.04. The van der Waals surface area contributed by atoms with E-state index >= 15 is 0 Å². The predicted octanol–water partition coefficient (Wildman–Crippen LogP) is 0.690. The molecule has 0 radical (unpaired) electrons. The zero-order valence-electron chi connectivity index (χ0n) is 6.17. The Bertz CT molecular complexity index is 195. The van der Waals surface area contributed by atoms with Gasteiger partial charge >= 0.3 is 0 Å². The standard InChI is InChI=1S/C8H12N2/c1-6-9-7-4-3-5-8(7)10(6)2/h3,5,7-9H,1,4H2,2H3. The van der Waals surface area contributed by atoms with Crippen LogP contribution in [0.5, 0.6) is 0 Å². The lowest BCUT2D eigenvalue weighted by atomic mass is 10.2. The first kappa shape index (κ1) is 5.83. The predicted molar refractivity (Wildman–Crippen MR) is 41.4 cm³/mol. The van der Waals surface area contributed by atoms with Crippen LogP contribution >= 0.6 is 0 Å². The summed E-state index contributed by atoms with van der Waals surface area (Å²) >= 11 is 0. The molecule has 2 atom stereocenters. The van der Waals surface area contributed by atoms with Crippen molar-refractivity contribution in [1.82, 2.24) is 10.2 Å². The highest BCUT2D eigenvalue weighted by molar-refractivity contribution is 5.20. The minimum Gasteiger partial charge on any atom is -0.367 e.